The van der Waals surface area contributed by atoms with E-state index in [1.165, 1.54) is 105 Å². The Morgan fingerprint density at radius 2 is 0.629 bits per heavy atom. The van der Waals surface area contributed by atoms with Gasteiger partial charge in [0.15, 0.2) is 0 Å². The molecule has 62 heavy (non-hydrogen) atoms. The van der Waals surface area contributed by atoms with Crippen LogP contribution in [0.15, 0.2) is 243 Å². The van der Waals surface area contributed by atoms with E-state index in [-0.39, 0.29) is 0 Å². The molecule has 12 rings (SSSR count). The average Bonchev–Trinajstić information content (AvgIpc) is 3.87. The molecule has 2 heterocycles. The number of fused-ring (bicyclic) bond motifs is 6. The smallest absolute Gasteiger partial charge is 0.0632 e. The van der Waals surface area contributed by atoms with E-state index in [2.05, 4.69) is 252 Å². The van der Waals surface area contributed by atoms with Gasteiger partial charge in [-0.25, -0.2) is 0 Å². The van der Waals surface area contributed by atoms with Gasteiger partial charge in [0.05, 0.1) is 22.1 Å². The van der Waals surface area contributed by atoms with Gasteiger partial charge in [-0.05, 0) is 87.5 Å². The van der Waals surface area contributed by atoms with E-state index in [1.54, 1.807) is 0 Å². The van der Waals surface area contributed by atoms with Crippen molar-refractivity contribution in [2.75, 3.05) is 0 Å². The summed E-state index contributed by atoms with van der Waals surface area (Å²) in [6, 6.07) is 88.4. The molecule has 2 aromatic heterocycles. The van der Waals surface area contributed by atoms with Gasteiger partial charge < -0.3 is 9.13 Å². The summed E-state index contributed by atoms with van der Waals surface area (Å²) in [6.45, 7) is 0. The molecule has 12 aromatic rings. The summed E-state index contributed by atoms with van der Waals surface area (Å²) in [5.41, 5.74) is 19.1. The normalized spacial score (nSPS) is 11.5. The average molecular weight is 789 g/mol. The quantitative estimate of drug-likeness (QED) is 0.152. The topological polar surface area (TPSA) is 9.86 Å². The lowest BCUT2D eigenvalue weighted by atomic mass is 9.80. The number of para-hydroxylation sites is 3. The lowest BCUT2D eigenvalue weighted by molar-refractivity contribution is 1.18. The van der Waals surface area contributed by atoms with Crippen molar-refractivity contribution in [1.29, 1.82) is 0 Å². The van der Waals surface area contributed by atoms with Gasteiger partial charge in [0.2, 0.25) is 0 Å². The SMILES string of the molecule is c1ccc(-c2c(-c3ccccc3)c(-c3ccccc3)c3c(c2-c2ccccc2)c2ccccc2n3-c2ccc(-c3ccc4c(c3)c3ccccc3n4-c3ccccc3)cc2)cc1. The van der Waals surface area contributed by atoms with Gasteiger partial charge in [0, 0.05) is 49.6 Å². The van der Waals surface area contributed by atoms with E-state index >= 15 is 0 Å². The zero-order valence-corrected chi connectivity index (χ0v) is 34.0. The predicted molar refractivity (Wildman–Crippen MR) is 262 cm³/mol. The molecule has 0 saturated carbocycles. The zero-order valence-electron chi connectivity index (χ0n) is 34.0. The highest BCUT2D eigenvalue weighted by Crippen LogP contribution is 2.54. The number of hydrogen-bond donors (Lipinski definition) is 0. The monoisotopic (exact) mass is 788 g/mol. The van der Waals surface area contributed by atoms with E-state index in [0.717, 1.165) is 5.69 Å². The minimum absolute atomic E-state index is 1.12. The van der Waals surface area contributed by atoms with E-state index in [4.69, 9.17) is 0 Å². The molecule has 0 radical (unpaired) electrons. The van der Waals surface area contributed by atoms with E-state index in [9.17, 15) is 0 Å². The number of rotatable bonds is 7. The second kappa shape index (κ2) is 14.8. The summed E-state index contributed by atoms with van der Waals surface area (Å²) < 4.78 is 4.89. The Morgan fingerprint density at radius 3 is 1.21 bits per heavy atom. The Balaban J connectivity index is 1.15. The minimum Gasteiger partial charge on any atom is -0.309 e. The summed E-state index contributed by atoms with van der Waals surface area (Å²) in [4.78, 5) is 0. The van der Waals surface area contributed by atoms with Crippen molar-refractivity contribution in [1.82, 2.24) is 9.13 Å². The maximum atomic E-state index is 2.51. The molecule has 0 spiro atoms. The molecule has 0 aliphatic rings. The number of hydrogen-bond acceptors (Lipinski definition) is 0. The molecule has 0 aliphatic carbocycles. The summed E-state index contributed by atoms with van der Waals surface area (Å²) in [7, 11) is 0. The third kappa shape index (κ3) is 5.73. The molecule has 290 valence electrons. The summed E-state index contributed by atoms with van der Waals surface area (Å²) in [6.07, 6.45) is 0. The first-order chi connectivity index (χ1) is 30.8. The molecular weight excluding hydrogens is 749 g/mol. The van der Waals surface area contributed by atoms with Crippen LogP contribution in [0.4, 0.5) is 0 Å². The lowest BCUT2D eigenvalue weighted by Crippen LogP contribution is -2.00. The standard InChI is InChI=1S/C60H40N2/c1-6-20-42(21-7-1)55-56(43-22-8-2-9-23-43)58(45-26-12-4-13-27-45)60-59(57(55)44-24-10-3-11-25-44)50-31-17-19-33-53(50)62(60)48-37-34-41(35-38-48)46-36-39-54-51(40-46)49-30-16-18-32-52(49)61(54)47-28-14-5-15-29-47/h1-40H. The molecule has 0 N–H and O–H groups in total. The fourth-order valence-electron chi connectivity index (χ4n) is 9.87. The van der Waals surface area contributed by atoms with Crippen LogP contribution in [0, 0.1) is 0 Å². The third-order valence-electron chi connectivity index (χ3n) is 12.5. The van der Waals surface area contributed by atoms with E-state index in [0.29, 0.717) is 0 Å². The lowest BCUT2D eigenvalue weighted by Gasteiger charge is -2.24. The number of nitrogens with zero attached hydrogens (tertiary/aromatic N) is 2. The van der Waals surface area contributed by atoms with Crippen molar-refractivity contribution in [2.24, 2.45) is 0 Å². The molecule has 0 aliphatic heterocycles. The van der Waals surface area contributed by atoms with Crippen molar-refractivity contribution in [3.05, 3.63) is 243 Å². The van der Waals surface area contributed by atoms with Crippen LogP contribution in [-0.4, -0.2) is 9.13 Å². The Labute approximate surface area is 360 Å². The van der Waals surface area contributed by atoms with Crippen molar-refractivity contribution in [3.8, 4) is 67.0 Å². The molecule has 2 heteroatoms. The predicted octanol–water partition coefficient (Wildman–Crippen LogP) is 16.2. The van der Waals surface area contributed by atoms with E-state index < -0.39 is 0 Å². The third-order valence-corrected chi connectivity index (χ3v) is 12.5. The molecule has 0 saturated heterocycles. The highest BCUT2D eigenvalue weighted by atomic mass is 15.0. The molecule has 0 fully saturated rings. The zero-order chi connectivity index (χ0) is 41.0. The molecular formula is C60H40N2. The Morgan fingerprint density at radius 1 is 0.226 bits per heavy atom. The number of aromatic nitrogens is 2. The molecule has 0 bridgehead atoms. The van der Waals surface area contributed by atoms with Crippen molar-refractivity contribution in [2.45, 2.75) is 0 Å². The summed E-state index contributed by atoms with van der Waals surface area (Å²) >= 11 is 0. The Kier molecular flexibility index (Phi) is 8.53. The van der Waals surface area contributed by atoms with Gasteiger partial charge in [-0.15, -0.1) is 0 Å². The van der Waals surface area contributed by atoms with Gasteiger partial charge in [-0.2, -0.15) is 0 Å². The summed E-state index contributed by atoms with van der Waals surface area (Å²) in [5.74, 6) is 0. The van der Waals surface area contributed by atoms with Gasteiger partial charge >= 0.3 is 0 Å². The van der Waals surface area contributed by atoms with Crippen LogP contribution >= 0.6 is 0 Å². The first-order valence-electron chi connectivity index (χ1n) is 21.4. The van der Waals surface area contributed by atoms with Crippen LogP contribution < -0.4 is 0 Å². The van der Waals surface area contributed by atoms with Crippen LogP contribution in [0.25, 0.3) is 111 Å². The minimum atomic E-state index is 1.12. The maximum Gasteiger partial charge on any atom is 0.0632 e. The van der Waals surface area contributed by atoms with Crippen LogP contribution in [0.1, 0.15) is 0 Å². The Bertz CT molecular complexity index is 3570. The molecule has 0 unspecified atom stereocenters. The highest BCUT2D eigenvalue weighted by molar-refractivity contribution is 6.26. The van der Waals surface area contributed by atoms with Crippen molar-refractivity contribution < 1.29 is 0 Å². The molecule has 0 atom stereocenters. The van der Waals surface area contributed by atoms with Crippen LogP contribution in [-0.2, 0) is 0 Å². The van der Waals surface area contributed by atoms with Gasteiger partial charge in [0.1, 0.15) is 0 Å². The van der Waals surface area contributed by atoms with Gasteiger partial charge in [0.25, 0.3) is 0 Å². The fourth-order valence-corrected chi connectivity index (χ4v) is 9.87. The maximum absolute atomic E-state index is 2.51. The van der Waals surface area contributed by atoms with Crippen molar-refractivity contribution in [3.63, 3.8) is 0 Å². The largest absolute Gasteiger partial charge is 0.309 e. The van der Waals surface area contributed by atoms with E-state index in [1.807, 2.05) is 0 Å². The van der Waals surface area contributed by atoms with Gasteiger partial charge in [-0.1, -0.05) is 194 Å². The van der Waals surface area contributed by atoms with Crippen LogP contribution in [0.3, 0.4) is 0 Å². The van der Waals surface area contributed by atoms with Gasteiger partial charge in [-0.3, -0.25) is 0 Å². The second-order valence-electron chi connectivity index (χ2n) is 16.0. The number of benzene rings is 10. The molecule has 10 aromatic carbocycles. The van der Waals surface area contributed by atoms with Crippen molar-refractivity contribution >= 4 is 43.6 Å². The highest BCUT2D eigenvalue weighted by Gasteiger charge is 2.29. The first-order valence-corrected chi connectivity index (χ1v) is 21.4. The first kappa shape index (κ1) is 35.7. The molecule has 0 amide bonds. The Hall–Kier alpha value is -8.20. The fraction of sp³-hybridized carbons (Fsp3) is 0. The second-order valence-corrected chi connectivity index (χ2v) is 16.0. The molecule has 2 nitrogen and oxygen atoms in total. The summed E-state index contributed by atoms with van der Waals surface area (Å²) in [5, 5.41) is 4.96. The van der Waals surface area contributed by atoms with Crippen LogP contribution in [0.5, 0.6) is 0 Å². The van der Waals surface area contributed by atoms with Crippen LogP contribution in [0.2, 0.25) is 0 Å².